The molecule has 0 bridgehead atoms. The molecule has 0 aliphatic heterocycles. The highest BCUT2D eigenvalue weighted by Crippen LogP contribution is 2.19. The summed E-state index contributed by atoms with van der Waals surface area (Å²) in [6.45, 7) is 0.466. The van der Waals surface area contributed by atoms with E-state index in [1.54, 1.807) is 12.1 Å². The normalized spacial score (nSPS) is 11.8. The van der Waals surface area contributed by atoms with Crippen molar-refractivity contribution in [2.75, 3.05) is 6.61 Å². The molecule has 0 fully saturated rings. The van der Waals surface area contributed by atoms with E-state index in [9.17, 15) is 10.1 Å². The Morgan fingerprint density at radius 1 is 1.10 bits per heavy atom. The zero-order valence-electron chi connectivity index (χ0n) is 10.9. The van der Waals surface area contributed by atoms with Crippen LogP contribution in [-0.4, -0.2) is 11.5 Å². The SMILES string of the molecule is NC(CCOc1ccc([N+](=O)[O-])cc1)c1ccccc1. The number of ether oxygens (including phenoxy) is 1. The van der Waals surface area contributed by atoms with Gasteiger partial charge in [-0.15, -0.1) is 0 Å². The Hall–Kier alpha value is -2.40. The molecule has 0 aliphatic carbocycles. The molecule has 5 heteroatoms. The lowest BCUT2D eigenvalue weighted by molar-refractivity contribution is -0.384. The van der Waals surface area contributed by atoms with Gasteiger partial charge >= 0.3 is 0 Å². The van der Waals surface area contributed by atoms with E-state index in [1.165, 1.54) is 12.1 Å². The first kappa shape index (κ1) is 14.0. The summed E-state index contributed by atoms with van der Waals surface area (Å²) >= 11 is 0. The molecule has 0 aromatic heterocycles. The minimum Gasteiger partial charge on any atom is -0.494 e. The van der Waals surface area contributed by atoms with Gasteiger partial charge in [0.15, 0.2) is 0 Å². The number of rotatable bonds is 6. The fourth-order valence-electron chi connectivity index (χ4n) is 1.83. The summed E-state index contributed by atoms with van der Waals surface area (Å²) in [6.07, 6.45) is 0.682. The minimum atomic E-state index is -0.435. The molecule has 0 saturated carbocycles. The quantitative estimate of drug-likeness (QED) is 0.647. The van der Waals surface area contributed by atoms with Gasteiger partial charge in [-0.2, -0.15) is 0 Å². The minimum absolute atomic E-state index is 0.0540. The number of nitro groups is 1. The molecule has 104 valence electrons. The molecule has 0 spiro atoms. The largest absolute Gasteiger partial charge is 0.494 e. The van der Waals surface area contributed by atoms with E-state index in [0.29, 0.717) is 18.8 Å². The third-order valence-electron chi connectivity index (χ3n) is 2.97. The van der Waals surface area contributed by atoms with E-state index < -0.39 is 4.92 Å². The average Bonchev–Trinajstić information content (AvgIpc) is 2.48. The Morgan fingerprint density at radius 3 is 2.35 bits per heavy atom. The van der Waals surface area contributed by atoms with Crippen molar-refractivity contribution in [2.24, 2.45) is 5.73 Å². The molecule has 0 saturated heterocycles. The Labute approximate surface area is 117 Å². The van der Waals surface area contributed by atoms with Crippen LogP contribution in [0.1, 0.15) is 18.0 Å². The van der Waals surface area contributed by atoms with Crippen molar-refractivity contribution in [3.05, 3.63) is 70.3 Å². The number of hydrogen-bond acceptors (Lipinski definition) is 4. The number of nitrogens with two attached hydrogens (primary N) is 1. The number of hydrogen-bond donors (Lipinski definition) is 1. The van der Waals surface area contributed by atoms with Crippen LogP contribution in [0.3, 0.4) is 0 Å². The van der Waals surface area contributed by atoms with Crippen LogP contribution >= 0.6 is 0 Å². The molecular formula is C15H16N2O3. The van der Waals surface area contributed by atoms with Gasteiger partial charge in [-0.05, 0) is 17.7 Å². The highest BCUT2D eigenvalue weighted by Gasteiger charge is 2.07. The Kier molecular flexibility index (Phi) is 4.68. The number of benzene rings is 2. The van der Waals surface area contributed by atoms with Gasteiger partial charge in [0.05, 0.1) is 11.5 Å². The number of nitro benzene ring substituents is 1. The predicted octanol–water partition coefficient (Wildman–Crippen LogP) is 3.06. The monoisotopic (exact) mass is 272 g/mol. The van der Waals surface area contributed by atoms with E-state index in [0.717, 1.165) is 5.56 Å². The predicted molar refractivity (Wildman–Crippen MR) is 76.6 cm³/mol. The van der Waals surface area contributed by atoms with Crippen molar-refractivity contribution in [3.8, 4) is 5.75 Å². The summed E-state index contributed by atoms with van der Waals surface area (Å²) in [5.74, 6) is 0.607. The zero-order chi connectivity index (χ0) is 14.4. The van der Waals surface area contributed by atoms with Gasteiger partial charge in [0.1, 0.15) is 5.75 Å². The van der Waals surface area contributed by atoms with Crippen LogP contribution in [0.15, 0.2) is 54.6 Å². The van der Waals surface area contributed by atoms with Crippen LogP contribution in [0.25, 0.3) is 0 Å². The number of non-ortho nitro benzene ring substituents is 1. The van der Waals surface area contributed by atoms with Gasteiger partial charge in [-0.25, -0.2) is 0 Å². The third-order valence-corrected chi connectivity index (χ3v) is 2.97. The first-order valence-electron chi connectivity index (χ1n) is 6.34. The van der Waals surface area contributed by atoms with E-state index in [1.807, 2.05) is 30.3 Å². The second-order valence-electron chi connectivity index (χ2n) is 4.41. The van der Waals surface area contributed by atoms with Crippen LogP contribution in [0.2, 0.25) is 0 Å². The molecule has 2 N–H and O–H groups in total. The van der Waals surface area contributed by atoms with Crippen LogP contribution in [0, 0.1) is 10.1 Å². The lowest BCUT2D eigenvalue weighted by Gasteiger charge is -2.12. The first-order chi connectivity index (χ1) is 9.66. The third kappa shape index (κ3) is 3.80. The Bertz CT molecular complexity index is 555. The smallest absolute Gasteiger partial charge is 0.269 e. The van der Waals surface area contributed by atoms with E-state index in [4.69, 9.17) is 10.5 Å². The van der Waals surface area contributed by atoms with Crippen molar-refractivity contribution < 1.29 is 9.66 Å². The van der Waals surface area contributed by atoms with Gasteiger partial charge in [0.2, 0.25) is 0 Å². The molecule has 20 heavy (non-hydrogen) atoms. The fourth-order valence-corrected chi connectivity index (χ4v) is 1.83. The summed E-state index contributed by atoms with van der Waals surface area (Å²) in [7, 11) is 0. The Morgan fingerprint density at radius 2 is 1.75 bits per heavy atom. The lowest BCUT2D eigenvalue weighted by atomic mass is 10.1. The lowest BCUT2D eigenvalue weighted by Crippen LogP contribution is -2.14. The molecule has 0 amide bonds. The summed E-state index contributed by atoms with van der Waals surface area (Å²) in [5, 5.41) is 10.5. The summed E-state index contributed by atoms with van der Waals surface area (Å²) in [6, 6.07) is 15.8. The molecule has 1 atom stereocenters. The topological polar surface area (TPSA) is 78.4 Å². The van der Waals surface area contributed by atoms with E-state index in [2.05, 4.69) is 0 Å². The molecule has 2 aromatic carbocycles. The second kappa shape index (κ2) is 6.68. The van der Waals surface area contributed by atoms with Crippen molar-refractivity contribution in [1.82, 2.24) is 0 Å². The molecule has 0 aliphatic rings. The van der Waals surface area contributed by atoms with Crippen LogP contribution in [0.5, 0.6) is 5.75 Å². The van der Waals surface area contributed by atoms with E-state index in [-0.39, 0.29) is 11.7 Å². The highest BCUT2D eigenvalue weighted by molar-refractivity contribution is 5.35. The molecule has 0 radical (unpaired) electrons. The molecule has 5 nitrogen and oxygen atoms in total. The number of nitrogens with zero attached hydrogens (tertiary/aromatic N) is 1. The molecule has 2 aromatic rings. The standard InChI is InChI=1S/C15H16N2O3/c16-15(12-4-2-1-3-5-12)10-11-20-14-8-6-13(7-9-14)17(18)19/h1-9,15H,10-11,16H2. The van der Waals surface area contributed by atoms with Gasteiger partial charge < -0.3 is 10.5 Å². The maximum atomic E-state index is 10.5. The average molecular weight is 272 g/mol. The van der Waals surface area contributed by atoms with Gasteiger partial charge in [-0.3, -0.25) is 10.1 Å². The maximum absolute atomic E-state index is 10.5. The van der Waals surface area contributed by atoms with Crippen molar-refractivity contribution in [2.45, 2.75) is 12.5 Å². The summed E-state index contributed by atoms with van der Waals surface area (Å²) < 4.78 is 5.53. The van der Waals surface area contributed by atoms with Crippen LogP contribution in [-0.2, 0) is 0 Å². The molecule has 1 unspecified atom stereocenters. The van der Waals surface area contributed by atoms with Crippen molar-refractivity contribution in [1.29, 1.82) is 0 Å². The van der Waals surface area contributed by atoms with E-state index >= 15 is 0 Å². The molecule has 2 rings (SSSR count). The van der Waals surface area contributed by atoms with Gasteiger partial charge in [0.25, 0.3) is 5.69 Å². The second-order valence-corrected chi connectivity index (χ2v) is 4.41. The summed E-state index contributed by atoms with van der Waals surface area (Å²) in [5.41, 5.74) is 7.18. The molecule has 0 heterocycles. The van der Waals surface area contributed by atoms with Crippen molar-refractivity contribution >= 4 is 5.69 Å². The summed E-state index contributed by atoms with van der Waals surface area (Å²) in [4.78, 5) is 10.1. The zero-order valence-corrected chi connectivity index (χ0v) is 10.9. The van der Waals surface area contributed by atoms with Crippen LogP contribution < -0.4 is 10.5 Å². The van der Waals surface area contributed by atoms with Crippen molar-refractivity contribution in [3.63, 3.8) is 0 Å². The van der Waals surface area contributed by atoms with Crippen LogP contribution in [0.4, 0.5) is 5.69 Å². The highest BCUT2D eigenvalue weighted by atomic mass is 16.6. The fraction of sp³-hybridized carbons (Fsp3) is 0.200. The molecular weight excluding hydrogens is 256 g/mol. The van der Waals surface area contributed by atoms with Gasteiger partial charge in [0, 0.05) is 24.6 Å². The maximum Gasteiger partial charge on any atom is 0.269 e. The first-order valence-corrected chi connectivity index (χ1v) is 6.34. The van der Waals surface area contributed by atoms with Gasteiger partial charge in [-0.1, -0.05) is 30.3 Å². The Balaban J connectivity index is 1.82.